The van der Waals surface area contributed by atoms with Gasteiger partial charge in [-0.25, -0.2) is 0 Å². The lowest BCUT2D eigenvalue weighted by Crippen LogP contribution is -2.31. The third kappa shape index (κ3) is 7.12. The third-order valence-corrected chi connectivity index (χ3v) is 3.18. The number of rotatable bonds is 8. The number of alkyl halides is 4. The average molecular weight is 296 g/mol. The predicted molar refractivity (Wildman–Crippen MR) is 69.5 cm³/mol. The van der Waals surface area contributed by atoms with Gasteiger partial charge in [0.05, 0.1) is 12.2 Å². The van der Waals surface area contributed by atoms with Crippen molar-refractivity contribution in [3.05, 3.63) is 0 Å². The Morgan fingerprint density at radius 1 is 0.800 bits per heavy atom. The summed E-state index contributed by atoms with van der Waals surface area (Å²) in [6.45, 7) is 4.11. The molecular weight excluding hydrogens is 278 g/mol. The molecule has 0 aliphatic carbocycles. The molecule has 0 saturated heterocycles. The summed E-state index contributed by atoms with van der Waals surface area (Å²) < 4.78 is 5.73. The summed E-state index contributed by atoms with van der Waals surface area (Å²) >= 11 is 23.3. The van der Waals surface area contributed by atoms with Crippen LogP contribution in [-0.2, 0) is 4.74 Å². The summed E-state index contributed by atoms with van der Waals surface area (Å²) in [5.41, 5.74) is 0. The van der Waals surface area contributed by atoms with Crippen LogP contribution in [0.2, 0.25) is 0 Å². The van der Waals surface area contributed by atoms with Crippen molar-refractivity contribution in [2.75, 3.05) is 0 Å². The molecule has 0 aromatic carbocycles. The first-order chi connectivity index (χ1) is 7.02. The molecule has 2 atom stereocenters. The molecule has 0 fully saturated rings. The maximum absolute atomic E-state index is 5.83. The number of hydrogen-bond donors (Lipinski definition) is 0. The van der Waals surface area contributed by atoms with Gasteiger partial charge in [-0.05, 0) is 12.8 Å². The molecule has 0 aliphatic heterocycles. The van der Waals surface area contributed by atoms with Crippen LogP contribution in [0.1, 0.15) is 39.5 Å². The first kappa shape index (κ1) is 16.1. The Labute approximate surface area is 112 Å². The molecule has 1 nitrogen and oxygen atoms in total. The minimum Gasteiger partial charge on any atom is -0.369 e. The molecule has 2 unspecified atom stereocenters. The Bertz CT molecular complexity index is 136. The second-order valence-electron chi connectivity index (χ2n) is 3.46. The average Bonchev–Trinajstić information content (AvgIpc) is 2.15. The first-order valence-electron chi connectivity index (χ1n) is 5.24. The number of hydrogen-bond acceptors (Lipinski definition) is 1. The molecule has 0 spiro atoms. The van der Waals surface area contributed by atoms with E-state index in [0.717, 1.165) is 25.7 Å². The minimum atomic E-state index is -0.531. The summed E-state index contributed by atoms with van der Waals surface area (Å²) in [6, 6.07) is 0. The summed E-state index contributed by atoms with van der Waals surface area (Å²) in [5, 5.41) is 0. The second kappa shape index (κ2) is 9.18. The highest BCUT2D eigenvalue weighted by molar-refractivity contribution is 6.45. The lowest BCUT2D eigenvalue weighted by atomic mass is 10.2. The lowest BCUT2D eigenvalue weighted by Gasteiger charge is -2.26. The molecule has 92 valence electrons. The zero-order valence-electron chi connectivity index (χ0n) is 9.06. The summed E-state index contributed by atoms with van der Waals surface area (Å²) in [4.78, 5) is -1.06. The molecule has 0 bridgehead atoms. The standard InChI is InChI=1S/C10H18Cl4O/c1-3-5-7(9(11)12)15-8(6-4-2)10(13)14/h7-10H,3-6H2,1-2H3. The van der Waals surface area contributed by atoms with Crippen LogP contribution in [0.15, 0.2) is 0 Å². The van der Waals surface area contributed by atoms with E-state index >= 15 is 0 Å². The van der Waals surface area contributed by atoms with Crippen LogP contribution in [0.25, 0.3) is 0 Å². The van der Waals surface area contributed by atoms with Gasteiger partial charge in [0.25, 0.3) is 0 Å². The van der Waals surface area contributed by atoms with Crippen molar-refractivity contribution >= 4 is 46.4 Å². The molecule has 0 rings (SSSR count). The van der Waals surface area contributed by atoms with Crippen LogP contribution >= 0.6 is 46.4 Å². The monoisotopic (exact) mass is 294 g/mol. The largest absolute Gasteiger partial charge is 0.369 e. The second-order valence-corrected chi connectivity index (χ2v) is 5.79. The van der Waals surface area contributed by atoms with Gasteiger partial charge in [0, 0.05) is 0 Å². The Hall–Kier alpha value is 1.12. The van der Waals surface area contributed by atoms with E-state index in [1.54, 1.807) is 0 Å². The van der Waals surface area contributed by atoms with E-state index in [4.69, 9.17) is 51.1 Å². The highest BCUT2D eigenvalue weighted by Crippen LogP contribution is 2.24. The van der Waals surface area contributed by atoms with Crippen LogP contribution in [0.3, 0.4) is 0 Å². The molecule has 0 amide bonds. The fourth-order valence-corrected chi connectivity index (χ4v) is 2.04. The van der Waals surface area contributed by atoms with E-state index in [2.05, 4.69) is 13.8 Å². The zero-order chi connectivity index (χ0) is 11.8. The van der Waals surface area contributed by atoms with E-state index in [9.17, 15) is 0 Å². The van der Waals surface area contributed by atoms with E-state index in [1.165, 1.54) is 0 Å². The fourth-order valence-electron chi connectivity index (χ4n) is 1.30. The minimum absolute atomic E-state index is 0.185. The molecule has 0 heterocycles. The van der Waals surface area contributed by atoms with Crippen molar-refractivity contribution in [2.45, 2.75) is 61.4 Å². The number of ether oxygens (including phenoxy) is 1. The van der Waals surface area contributed by atoms with Gasteiger partial charge >= 0.3 is 0 Å². The smallest absolute Gasteiger partial charge is 0.133 e. The zero-order valence-corrected chi connectivity index (χ0v) is 12.1. The summed E-state index contributed by atoms with van der Waals surface area (Å²) in [7, 11) is 0. The Morgan fingerprint density at radius 3 is 1.33 bits per heavy atom. The van der Waals surface area contributed by atoms with E-state index < -0.39 is 9.67 Å². The molecular formula is C10H18Cl4O. The van der Waals surface area contributed by atoms with Gasteiger partial charge in [0.2, 0.25) is 0 Å². The van der Waals surface area contributed by atoms with E-state index in [1.807, 2.05) is 0 Å². The van der Waals surface area contributed by atoms with Gasteiger partial charge in [-0.3, -0.25) is 0 Å². The Kier molecular flexibility index (Phi) is 9.87. The van der Waals surface area contributed by atoms with E-state index in [-0.39, 0.29) is 12.2 Å². The van der Waals surface area contributed by atoms with Gasteiger partial charge in [-0.15, -0.1) is 46.4 Å². The quantitative estimate of drug-likeness (QED) is 0.576. The predicted octanol–water partition coefficient (Wildman–Crippen LogP) is 4.95. The first-order valence-corrected chi connectivity index (χ1v) is 6.99. The molecule has 0 radical (unpaired) electrons. The fraction of sp³-hybridized carbons (Fsp3) is 1.00. The van der Waals surface area contributed by atoms with Crippen LogP contribution in [0.5, 0.6) is 0 Å². The van der Waals surface area contributed by atoms with Gasteiger partial charge in [-0.2, -0.15) is 0 Å². The maximum atomic E-state index is 5.83. The van der Waals surface area contributed by atoms with Crippen LogP contribution < -0.4 is 0 Å². The highest BCUT2D eigenvalue weighted by Gasteiger charge is 2.25. The summed E-state index contributed by atoms with van der Waals surface area (Å²) in [5.74, 6) is 0. The van der Waals surface area contributed by atoms with Gasteiger partial charge in [0.15, 0.2) is 0 Å². The van der Waals surface area contributed by atoms with Crippen molar-refractivity contribution in [3.8, 4) is 0 Å². The van der Waals surface area contributed by atoms with Gasteiger partial charge in [-0.1, -0.05) is 26.7 Å². The molecule has 0 aromatic rings. The van der Waals surface area contributed by atoms with Crippen LogP contribution in [0, 0.1) is 0 Å². The van der Waals surface area contributed by atoms with Crippen LogP contribution in [-0.4, -0.2) is 21.9 Å². The SMILES string of the molecule is CCCC(OC(CCC)C(Cl)Cl)C(Cl)Cl. The molecule has 0 N–H and O–H groups in total. The lowest BCUT2D eigenvalue weighted by molar-refractivity contribution is -0.00653. The Morgan fingerprint density at radius 2 is 1.13 bits per heavy atom. The van der Waals surface area contributed by atoms with Crippen molar-refractivity contribution < 1.29 is 4.74 Å². The molecule has 0 aromatic heterocycles. The van der Waals surface area contributed by atoms with Crippen molar-refractivity contribution in [1.82, 2.24) is 0 Å². The van der Waals surface area contributed by atoms with Crippen LogP contribution in [0.4, 0.5) is 0 Å². The summed E-state index contributed by atoms with van der Waals surface area (Å²) in [6.07, 6.45) is 3.20. The molecule has 0 aliphatic rings. The van der Waals surface area contributed by atoms with Crippen molar-refractivity contribution in [2.24, 2.45) is 0 Å². The van der Waals surface area contributed by atoms with Gasteiger partial charge < -0.3 is 4.74 Å². The normalized spacial score (nSPS) is 16.0. The molecule has 5 heteroatoms. The van der Waals surface area contributed by atoms with Gasteiger partial charge in [0.1, 0.15) is 9.67 Å². The van der Waals surface area contributed by atoms with E-state index in [0.29, 0.717) is 0 Å². The molecule has 0 saturated carbocycles. The Balaban J connectivity index is 4.19. The van der Waals surface area contributed by atoms with Crippen molar-refractivity contribution in [1.29, 1.82) is 0 Å². The molecule has 15 heavy (non-hydrogen) atoms. The highest BCUT2D eigenvalue weighted by atomic mass is 35.5. The number of halogens is 4. The van der Waals surface area contributed by atoms with Crippen molar-refractivity contribution in [3.63, 3.8) is 0 Å². The topological polar surface area (TPSA) is 9.23 Å². The third-order valence-electron chi connectivity index (χ3n) is 2.06. The maximum Gasteiger partial charge on any atom is 0.133 e.